The van der Waals surface area contributed by atoms with Crippen LogP contribution >= 0.6 is 0 Å². The van der Waals surface area contributed by atoms with Crippen LogP contribution in [0.4, 0.5) is 0 Å². The van der Waals surface area contributed by atoms with E-state index in [9.17, 15) is 5.11 Å². The van der Waals surface area contributed by atoms with Crippen molar-refractivity contribution in [2.45, 2.75) is 25.4 Å². The molecule has 0 spiro atoms. The van der Waals surface area contributed by atoms with E-state index in [0.717, 1.165) is 17.5 Å². The van der Waals surface area contributed by atoms with Gasteiger partial charge in [-0.25, -0.2) is 0 Å². The molecule has 148 valence electrons. The van der Waals surface area contributed by atoms with E-state index in [1.807, 2.05) is 60.7 Å². The highest BCUT2D eigenvalue weighted by Gasteiger charge is 2.73. The monoisotopic (exact) mass is 382 g/mol. The number of hydrogen-bond acceptors (Lipinski definition) is 5. The van der Waals surface area contributed by atoms with Crippen molar-refractivity contribution in [2.75, 3.05) is 20.3 Å². The van der Waals surface area contributed by atoms with E-state index >= 15 is 0 Å². The van der Waals surface area contributed by atoms with Crippen molar-refractivity contribution in [3.63, 3.8) is 0 Å². The molecule has 1 saturated carbocycles. The van der Waals surface area contributed by atoms with Gasteiger partial charge in [0.05, 0.1) is 12.5 Å². The van der Waals surface area contributed by atoms with Gasteiger partial charge < -0.3 is 24.1 Å². The Labute approximate surface area is 165 Å². The Morgan fingerprint density at radius 2 is 1.57 bits per heavy atom. The molecule has 0 radical (unpaired) electrons. The Bertz CT molecular complexity index is 804. The third kappa shape index (κ3) is 3.92. The molecule has 0 amide bonds. The molecule has 2 aromatic rings. The maximum absolute atomic E-state index is 10.9. The molecule has 1 N–H and O–H groups in total. The van der Waals surface area contributed by atoms with E-state index in [1.54, 1.807) is 7.11 Å². The van der Waals surface area contributed by atoms with Crippen LogP contribution in [0.5, 0.6) is 0 Å². The lowest BCUT2D eigenvalue weighted by Crippen LogP contribution is -2.17. The lowest BCUT2D eigenvalue weighted by atomic mass is 10.2. The minimum absolute atomic E-state index is 0.00361. The predicted molar refractivity (Wildman–Crippen MR) is 104 cm³/mol. The number of ether oxygens (including phenoxy) is 4. The predicted octanol–water partition coefficient (Wildman–Crippen LogP) is 3.63. The Kier molecular flexibility index (Phi) is 5.67. The molecule has 5 nitrogen and oxygen atoms in total. The van der Waals surface area contributed by atoms with E-state index < -0.39 is 5.79 Å². The summed E-state index contributed by atoms with van der Waals surface area (Å²) in [6.07, 6.45) is 0.730. The summed E-state index contributed by atoms with van der Waals surface area (Å²) in [5.74, 6) is -0.0398. The molecule has 1 heterocycles. The van der Waals surface area contributed by atoms with E-state index in [2.05, 4.69) is 0 Å². The highest BCUT2D eigenvalue weighted by atomic mass is 16.7. The Morgan fingerprint density at radius 3 is 2.21 bits per heavy atom. The van der Waals surface area contributed by atoms with Crippen molar-refractivity contribution in [1.82, 2.24) is 0 Å². The highest BCUT2D eigenvalue weighted by molar-refractivity contribution is 5.30. The maximum Gasteiger partial charge on any atom is 0.222 e. The lowest BCUT2D eigenvalue weighted by molar-refractivity contribution is -0.111. The first-order valence-corrected chi connectivity index (χ1v) is 9.64. The first-order chi connectivity index (χ1) is 13.7. The molecule has 3 unspecified atom stereocenters. The molecule has 4 rings (SSSR count). The lowest BCUT2D eigenvalue weighted by Gasteiger charge is -2.16. The second-order valence-corrected chi connectivity index (χ2v) is 7.26. The van der Waals surface area contributed by atoms with Crippen LogP contribution in [-0.4, -0.2) is 31.2 Å². The van der Waals surface area contributed by atoms with Gasteiger partial charge in [-0.1, -0.05) is 60.7 Å². The van der Waals surface area contributed by atoms with Crippen molar-refractivity contribution < 1.29 is 24.1 Å². The average molecular weight is 382 g/mol. The second-order valence-electron chi connectivity index (χ2n) is 7.26. The summed E-state index contributed by atoms with van der Waals surface area (Å²) in [6, 6.07) is 20.0. The van der Waals surface area contributed by atoms with Crippen LogP contribution in [0.2, 0.25) is 0 Å². The maximum atomic E-state index is 10.9. The van der Waals surface area contributed by atoms with Gasteiger partial charge in [0.2, 0.25) is 5.79 Å². The fourth-order valence-electron chi connectivity index (χ4n) is 3.81. The Hall–Kier alpha value is -2.34. The molecule has 0 bridgehead atoms. The zero-order chi connectivity index (χ0) is 19.4. The van der Waals surface area contributed by atoms with E-state index in [0.29, 0.717) is 31.3 Å². The quantitative estimate of drug-likeness (QED) is 0.680. The van der Waals surface area contributed by atoms with Crippen LogP contribution in [0.3, 0.4) is 0 Å². The zero-order valence-corrected chi connectivity index (χ0v) is 16.0. The van der Waals surface area contributed by atoms with Gasteiger partial charge in [0.1, 0.15) is 19.0 Å². The fraction of sp³-hybridized carbons (Fsp3) is 0.391. The SMILES string of the molecule is COCCC1C2C(OCc3ccccc3)=C(COCc3ccccc3)OC12O. The van der Waals surface area contributed by atoms with E-state index in [-0.39, 0.29) is 18.4 Å². The van der Waals surface area contributed by atoms with Crippen LogP contribution in [0, 0.1) is 11.8 Å². The van der Waals surface area contributed by atoms with Crippen LogP contribution in [0.15, 0.2) is 72.2 Å². The van der Waals surface area contributed by atoms with Gasteiger partial charge in [-0.2, -0.15) is 0 Å². The third-order valence-corrected chi connectivity index (χ3v) is 5.33. The number of hydrogen-bond donors (Lipinski definition) is 1. The molecule has 1 aliphatic carbocycles. The van der Waals surface area contributed by atoms with Crippen molar-refractivity contribution in [3.8, 4) is 0 Å². The van der Waals surface area contributed by atoms with Gasteiger partial charge in [-0.15, -0.1) is 0 Å². The smallest absolute Gasteiger partial charge is 0.222 e. The Morgan fingerprint density at radius 1 is 0.929 bits per heavy atom. The molecule has 5 heteroatoms. The number of rotatable bonds is 10. The van der Waals surface area contributed by atoms with Crippen LogP contribution in [-0.2, 0) is 32.2 Å². The summed E-state index contributed by atoms with van der Waals surface area (Å²) >= 11 is 0. The molecule has 28 heavy (non-hydrogen) atoms. The highest BCUT2D eigenvalue weighted by Crippen LogP contribution is 2.63. The minimum atomic E-state index is -1.18. The topological polar surface area (TPSA) is 57.2 Å². The summed E-state index contributed by atoms with van der Waals surface area (Å²) in [6.45, 7) is 1.77. The standard InChI is InChI=1S/C23H26O5/c1-25-13-12-19-21-22(27-15-18-10-6-3-7-11-18)20(28-23(19,21)24)16-26-14-17-8-4-2-5-9-17/h2-11,19,21,24H,12-16H2,1H3. The molecule has 0 saturated heterocycles. The van der Waals surface area contributed by atoms with E-state index in [4.69, 9.17) is 18.9 Å². The summed E-state index contributed by atoms with van der Waals surface area (Å²) in [5, 5.41) is 10.9. The first kappa shape index (κ1) is 19.0. The van der Waals surface area contributed by atoms with Gasteiger partial charge in [0.25, 0.3) is 0 Å². The van der Waals surface area contributed by atoms with Crippen molar-refractivity contribution in [2.24, 2.45) is 11.8 Å². The average Bonchev–Trinajstić information content (AvgIpc) is 3.18. The molecular formula is C23H26O5. The van der Waals surface area contributed by atoms with Crippen LogP contribution < -0.4 is 0 Å². The summed E-state index contributed by atoms with van der Waals surface area (Å²) < 4.78 is 23.0. The molecule has 1 fully saturated rings. The summed E-state index contributed by atoms with van der Waals surface area (Å²) in [7, 11) is 1.66. The van der Waals surface area contributed by atoms with Gasteiger partial charge in [-0.05, 0) is 17.5 Å². The number of methoxy groups -OCH3 is 1. The largest absolute Gasteiger partial charge is 0.489 e. The molecule has 3 atom stereocenters. The fourth-order valence-corrected chi connectivity index (χ4v) is 3.81. The second kappa shape index (κ2) is 8.35. The molecule has 1 aliphatic heterocycles. The van der Waals surface area contributed by atoms with Gasteiger partial charge in [0, 0.05) is 19.6 Å². The van der Waals surface area contributed by atoms with Crippen molar-refractivity contribution in [3.05, 3.63) is 83.3 Å². The van der Waals surface area contributed by atoms with E-state index in [1.165, 1.54) is 0 Å². The molecular weight excluding hydrogens is 356 g/mol. The van der Waals surface area contributed by atoms with Crippen molar-refractivity contribution in [1.29, 1.82) is 0 Å². The number of aliphatic hydroxyl groups is 1. The zero-order valence-electron chi connectivity index (χ0n) is 16.0. The van der Waals surface area contributed by atoms with Crippen LogP contribution in [0.25, 0.3) is 0 Å². The van der Waals surface area contributed by atoms with Gasteiger partial charge in [-0.3, -0.25) is 0 Å². The molecule has 2 aliphatic rings. The first-order valence-electron chi connectivity index (χ1n) is 9.64. The van der Waals surface area contributed by atoms with Crippen LogP contribution in [0.1, 0.15) is 17.5 Å². The summed E-state index contributed by atoms with van der Waals surface area (Å²) in [5.41, 5.74) is 2.17. The molecule has 0 aromatic heterocycles. The molecule has 2 aromatic carbocycles. The normalized spacial score (nSPS) is 25.4. The Balaban J connectivity index is 1.43. The minimum Gasteiger partial charge on any atom is -0.489 e. The summed E-state index contributed by atoms with van der Waals surface area (Å²) in [4.78, 5) is 0. The number of benzene rings is 2. The number of fused-ring (bicyclic) bond motifs is 1. The van der Waals surface area contributed by atoms with Gasteiger partial charge in [0.15, 0.2) is 5.76 Å². The van der Waals surface area contributed by atoms with Gasteiger partial charge >= 0.3 is 0 Å². The third-order valence-electron chi connectivity index (χ3n) is 5.33. The van der Waals surface area contributed by atoms with Crippen molar-refractivity contribution >= 4 is 0 Å².